The van der Waals surface area contributed by atoms with Gasteiger partial charge in [0.2, 0.25) is 17.9 Å². The molecule has 0 radical (unpaired) electrons. The third-order valence-corrected chi connectivity index (χ3v) is 13.2. The van der Waals surface area contributed by atoms with Gasteiger partial charge in [-0.05, 0) is 64.2 Å². The van der Waals surface area contributed by atoms with E-state index < -0.39 is 119 Å². The van der Waals surface area contributed by atoms with Gasteiger partial charge >= 0.3 is 23.9 Å². The topological polar surface area (TPSA) is 235 Å². The number of nitrogens with one attached hydrogen (secondary N) is 2. The van der Waals surface area contributed by atoms with Crippen LogP contribution in [0.4, 0.5) is 0 Å². The molecule has 1 saturated carbocycles. The van der Waals surface area contributed by atoms with Crippen molar-refractivity contribution < 1.29 is 72.2 Å². The summed E-state index contributed by atoms with van der Waals surface area (Å²) in [4.78, 5) is 87.8. The number of esters is 4. The summed E-state index contributed by atoms with van der Waals surface area (Å²) >= 11 is 0. The third kappa shape index (κ3) is 11.9. The highest BCUT2D eigenvalue weighted by molar-refractivity contribution is 5.96. The zero-order valence-corrected chi connectivity index (χ0v) is 40.2. The van der Waals surface area contributed by atoms with Crippen molar-refractivity contribution in [2.75, 3.05) is 13.2 Å². The highest BCUT2D eigenvalue weighted by Crippen LogP contribution is 2.58. The lowest BCUT2D eigenvalue weighted by molar-refractivity contribution is -0.224. The standard InChI is InChI=1S/C49H71N3O15/c1-9-11-13-22-48(23-14-12-10-2)65-37-33-25-49(45(60)51-36(29(3)54)42(57)50-32(27-53)19-21-35(56)64-46(4,5)6)39(43(58)62-33)52(67-40(49)38(37)66-48)26-31-17-15-16-30(24-31)18-20-34(55)63-41-44(59)61-28-47(41,7)8/h15-18,20,24,29,32-33,36-41,53-54H,9-14,19,21-23,25-28H2,1-8H3,(H,50,57)(H,51,60)/t29-,32-,33?,36+,37-,38-,39-,40+,41-,49?/m0/s1. The second-order valence-electron chi connectivity index (χ2n) is 20.4. The van der Waals surface area contributed by atoms with Gasteiger partial charge in [-0.3, -0.25) is 24.0 Å². The van der Waals surface area contributed by atoms with Crippen LogP contribution in [-0.4, -0.2) is 130 Å². The van der Waals surface area contributed by atoms with E-state index in [0.29, 0.717) is 24.0 Å². The van der Waals surface area contributed by atoms with Crippen LogP contribution in [0.25, 0.3) is 6.08 Å². The van der Waals surface area contributed by atoms with Gasteiger partial charge < -0.3 is 49.3 Å². The number of nitrogens with zero attached hydrogens (tertiary/aromatic N) is 1. The van der Waals surface area contributed by atoms with Crippen LogP contribution >= 0.6 is 0 Å². The van der Waals surface area contributed by atoms with Crippen molar-refractivity contribution in [2.24, 2.45) is 10.8 Å². The first-order valence-electron chi connectivity index (χ1n) is 23.9. The third-order valence-electron chi connectivity index (χ3n) is 13.2. The van der Waals surface area contributed by atoms with Crippen LogP contribution in [0.15, 0.2) is 30.3 Å². The zero-order valence-electron chi connectivity index (χ0n) is 40.2. The average molecular weight is 942 g/mol. The molecule has 1 aliphatic carbocycles. The second-order valence-corrected chi connectivity index (χ2v) is 20.4. The molecule has 67 heavy (non-hydrogen) atoms. The number of aliphatic hydroxyl groups is 2. The number of hydrogen-bond donors (Lipinski definition) is 4. The monoisotopic (exact) mass is 941 g/mol. The van der Waals surface area contributed by atoms with Gasteiger partial charge in [-0.2, -0.15) is 5.06 Å². The van der Waals surface area contributed by atoms with E-state index in [9.17, 15) is 34.2 Å². The van der Waals surface area contributed by atoms with Crippen molar-refractivity contribution >= 4 is 41.8 Å². The van der Waals surface area contributed by atoms with Crippen LogP contribution in [0.1, 0.15) is 137 Å². The molecule has 372 valence electrons. The van der Waals surface area contributed by atoms with Crippen LogP contribution in [0.3, 0.4) is 0 Å². The number of cyclic esters (lactones) is 1. The van der Waals surface area contributed by atoms with E-state index >= 15 is 4.79 Å². The number of hydrogen-bond acceptors (Lipinski definition) is 16. The molecule has 2 amide bonds. The molecule has 0 aromatic heterocycles. The van der Waals surface area contributed by atoms with Crippen molar-refractivity contribution in [3.63, 3.8) is 0 Å². The summed E-state index contributed by atoms with van der Waals surface area (Å²) in [7, 11) is 0. The van der Waals surface area contributed by atoms with Crippen LogP contribution in [0.2, 0.25) is 0 Å². The van der Waals surface area contributed by atoms with Crippen LogP contribution in [-0.2, 0) is 68.6 Å². The summed E-state index contributed by atoms with van der Waals surface area (Å²) in [5.41, 5.74) is -1.89. The number of rotatable bonds is 22. The Hall–Kier alpha value is -4.46. The molecule has 5 fully saturated rings. The Bertz CT molecular complexity index is 1990. The van der Waals surface area contributed by atoms with E-state index in [-0.39, 0.29) is 32.4 Å². The van der Waals surface area contributed by atoms with Gasteiger partial charge in [-0.1, -0.05) is 77.6 Å². The van der Waals surface area contributed by atoms with E-state index in [0.717, 1.165) is 38.5 Å². The molecule has 18 heteroatoms. The summed E-state index contributed by atoms with van der Waals surface area (Å²) in [5.74, 6) is -5.18. The van der Waals surface area contributed by atoms with Crippen molar-refractivity contribution in [1.82, 2.24) is 15.7 Å². The van der Waals surface area contributed by atoms with Gasteiger partial charge in [0.15, 0.2) is 11.8 Å². The summed E-state index contributed by atoms with van der Waals surface area (Å²) in [6, 6.07) is 3.26. The molecule has 2 bridgehead atoms. The molecule has 6 rings (SSSR count). The second kappa shape index (κ2) is 21.5. The minimum absolute atomic E-state index is 0.0248. The fourth-order valence-electron chi connectivity index (χ4n) is 9.79. The Morgan fingerprint density at radius 1 is 0.985 bits per heavy atom. The molecule has 4 aliphatic heterocycles. The predicted octanol–water partition coefficient (Wildman–Crippen LogP) is 4.10. The Morgan fingerprint density at radius 3 is 2.28 bits per heavy atom. The Kier molecular flexibility index (Phi) is 16.6. The lowest BCUT2D eigenvalue weighted by Crippen LogP contribution is -2.71. The maximum Gasteiger partial charge on any atom is 0.348 e. The molecular weight excluding hydrogens is 871 g/mol. The van der Waals surface area contributed by atoms with Gasteiger partial charge in [-0.15, -0.1) is 0 Å². The SMILES string of the molecule is CCCCCC1(CCCCC)O[C@@H]2[C@H]3ON(Cc4cccc(C=CC(=O)O[C@H]5C(=O)OCC5(C)C)c4)[C@H]4C(=O)OC(CC34C(=O)N[C@@H](C(=O)N[C@H](CO)CCC(=O)OC(C)(C)C)[C@H](C)O)[C@@H]2O1. The van der Waals surface area contributed by atoms with Gasteiger partial charge in [0.05, 0.1) is 25.3 Å². The fourth-order valence-corrected chi connectivity index (χ4v) is 9.79. The minimum Gasteiger partial charge on any atom is -0.462 e. The average Bonchev–Trinajstić information content (AvgIpc) is 3.90. The highest BCUT2D eigenvalue weighted by atomic mass is 16.8. The zero-order chi connectivity index (χ0) is 48.9. The number of benzene rings is 1. The molecule has 10 atom stereocenters. The maximum absolute atomic E-state index is 15.2. The van der Waals surface area contributed by atoms with Crippen molar-refractivity contribution in [2.45, 2.75) is 199 Å². The summed E-state index contributed by atoms with van der Waals surface area (Å²) in [5, 5.41) is 28.0. The normalized spacial score (nSPS) is 28.5. The number of ether oxygens (including phenoxy) is 6. The summed E-state index contributed by atoms with van der Waals surface area (Å²) < 4.78 is 35.9. The lowest BCUT2D eigenvalue weighted by Gasteiger charge is -2.49. The van der Waals surface area contributed by atoms with E-state index in [4.69, 9.17) is 33.3 Å². The first kappa shape index (κ1) is 51.9. The van der Waals surface area contributed by atoms with E-state index in [2.05, 4.69) is 24.5 Å². The van der Waals surface area contributed by atoms with E-state index in [1.807, 2.05) is 0 Å². The van der Waals surface area contributed by atoms with Crippen LogP contribution in [0.5, 0.6) is 0 Å². The van der Waals surface area contributed by atoms with Crippen molar-refractivity contribution in [3.8, 4) is 0 Å². The number of unbranched alkanes of at least 4 members (excludes halogenated alkanes) is 4. The molecule has 1 aromatic carbocycles. The Morgan fingerprint density at radius 2 is 1.67 bits per heavy atom. The molecular formula is C49H71N3O15. The van der Waals surface area contributed by atoms with E-state index in [1.165, 1.54) is 24.1 Å². The smallest absolute Gasteiger partial charge is 0.348 e. The van der Waals surface area contributed by atoms with Crippen LogP contribution in [0, 0.1) is 10.8 Å². The number of hydroxylamine groups is 2. The first-order chi connectivity index (χ1) is 31.7. The number of carbonyl (C=O) groups excluding carboxylic acids is 6. The van der Waals surface area contributed by atoms with Gasteiger partial charge in [0.25, 0.3) is 0 Å². The van der Waals surface area contributed by atoms with Crippen molar-refractivity contribution in [1.29, 1.82) is 0 Å². The number of fused-ring (bicyclic) bond motifs is 4. The Balaban J connectivity index is 1.28. The Labute approximate surface area is 393 Å². The fraction of sp³-hybridized carbons (Fsp3) is 0.714. The maximum atomic E-state index is 15.2. The molecule has 4 N–H and O–H groups in total. The first-order valence-corrected chi connectivity index (χ1v) is 23.9. The molecule has 0 spiro atoms. The summed E-state index contributed by atoms with van der Waals surface area (Å²) in [6.07, 6.45) is 3.13. The van der Waals surface area contributed by atoms with Gasteiger partial charge in [0, 0.05) is 37.2 Å². The molecule has 1 aromatic rings. The largest absolute Gasteiger partial charge is 0.462 e. The highest BCUT2D eigenvalue weighted by Gasteiger charge is 2.76. The van der Waals surface area contributed by atoms with Crippen LogP contribution < -0.4 is 10.6 Å². The van der Waals surface area contributed by atoms with Gasteiger partial charge in [-0.25, -0.2) is 9.59 Å². The number of carbonyl (C=O) groups is 6. The molecule has 4 heterocycles. The quantitative estimate of drug-likeness (QED) is 0.0555. The van der Waals surface area contributed by atoms with E-state index in [1.54, 1.807) is 58.9 Å². The molecule has 4 saturated heterocycles. The van der Waals surface area contributed by atoms with Crippen molar-refractivity contribution in [3.05, 3.63) is 41.5 Å². The molecule has 2 unspecified atom stereocenters. The minimum atomic E-state index is -1.70. The number of amides is 2. The molecule has 5 aliphatic rings. The molecule has 18 nitrogen and oxygen atoms in total. The predicted molar refractivity (Wildman–Crippen MR) is 240 cm³/mol. The lowest BCUT2D eigenvalue weighted by atomic mass is 9.62. The van der Waals surface area contributed by atoms with Gasteiger partial charge in [0.1, 0.15) is 48.1 Å². The number of aliphatic hydroxyl groups excluding tert-OH is 2. The summed E-state index contributed by atoms with van der Waals surface area (Å²) in [6.45, 7) is 13.8.